The van der Waals surface area contributed by atoms with Crippen molar-refractivity contribution in [3.8, 4) is 17.0 Å². The van der Waals surface area contributed by atoms with Gasteiger partial charge in [0.15, 0.2) is 0 Å². The number of carbonyl (C=O) groups excluding carboxylic acids is 1. The maximum atomic E-state index is 12.4. The van der Waals surface area contributed by atoms with Crippen molar-refractivity contribution in [3.63, 3.8) is 0 Å². The molecule has 0 fully saturated rings. The smallest absolute Gasteiger partial charge is 0.289 e. The van der Waals surface area contributed by atoms with Crippen LogP contribution < -0.4 is 10.2 Å². The van der Waals surface area contributed by atoms with Gasteiger partial charge in [-0.1, -0.05) is 66.2 Å². The molecule has 1 heterocycles. The minimum absolute atomic E-state index is 0.316. The van der Waals surface area contributed by atoms with Crippen molar-refractivity contribution in [1.82, 2.24) is 15.6 Å². The van der Waals surface area contributed by atoms with Gasteiger partial charge in [0, 0.05) is 16.1 Å². The van der Waals surface area contributed by atoms with Gasteiger partial charge in [-0.15, -0.1) is 0 Å². The summed E-state index contributed by atoms with van der Waals surface area (Å²) < 4.78 is 5.81. The molecule has 0 saturated carbocycles. The number of hydrogen-bond donors (Lipinski definition) is 2. The van der Waals surface area contributed by atoms with Crippen LogP contribution in [0.3, 0.4) is 0 Å². The molecule has 0 aliphatic rings. The molecule has 0 bridgehead atoms. The fraction of sp³-hybridized carbons (Fsp3) is 0.0741. The first-order chi connectivity index (χ1) is 16.6. The summed E-state index contributed by atoms with van der Waals surface area (Å²) in [5.41, 5.74) is 7.23. The van der Waals surface area contributed by atoms with Crippen LogP contribution in [0.25, 0.3) is 17.3 Å². The summed E-state index contributed by atoms with van der Waals surface area (Å²) in [6.07, 6.45) is 3.58. The van der Waals surface area contributed by atoms with Crippen LogP contribution in [0.2, 0.25) is 5.02 Å². The molecule has 0 radical (unpaired) electrons. The topological polar surface area (TPSA) is 79.4 Å². The van der Waals surface area contributed by atoms with Gasteiger partial charge in [0.1, 0.15) is 18.1 Å². The Balaban J connectivity index is 1.33. The summed E-state index contributed by atoms with van der Waals surface area (Å²) in [5, 5.41) is 11.7. The molecule has 6 nitrogen and oxygen atoms in total. The van der Waals surface area contributed by atoms with Crippen LogP contribution in [0.5, 0.6) is 5.75 Å². The third-order valence-corrected chi connectivity index (χ3v) is 5.32. The minimum atomic E-state index is -0.373. The van der Waals surface area contributed by atoms with E-state index in [4.69, 9.17) is 16.3 Å². The molecule has 170 valence electrons. The molecular weight excluding hydrogens is 448 g/mol. The molecule has 0 atom stereocenters. The number of ether oxygens (including phenoxy) is 1. The highest BCUT2D eigenvalue weighted by Gasteiger charge is 2.10. The molecule has 4 aromatic rings. The highest BCUT2D eigenvalue weighted by molar-refractivity contribution is 6.31. The van der Waals surface area contributed by atoms with Crippen molar-refractivity contribution in [2.75, 3.05) is 0 Å². The molecule has 4 rings (SSSR count). The zero-order chi connectivity index (χ0) is 23.8. The minimum Gasteiger partial charge on any atom is -0.489 e. The van der Waals surface area contributed by atoms with E-state index < -0.39 is 0 Å². The zero-order valence-electron chi connectivity index (χ0n) is 18.5. The predicted octanol–water partition coefficient (Wildman–Crippen LogP) is 6.13. The first kappa shape index (κ1) is 23.0. The fourth-order valence-electron chi connectivity index (χ4n) is 3.19. The number of rotatable bonds is 8. The van der Waals surface area contributed by atoms with Crippen molar-refractivity contribution in [3.05, 3.63) is 112 Å². The SMILES string of the molecule is CC(=C/c1ccccc1)/C=N/NC(=O)c1cc(-c2ccc(OCc3ccccc3Cl)cc2)n[nH]1. The molecule has 7 heteroatoms. The third kappa shape index (κ3) is 6.21. The van der Waals surface area contributed by atoms with Crippen molar-refractivity contribution < 1.29 is 9.53 Å². The van der Waals surface area contributed by atoms with Crippen molar-refractivity contribution >= 4 is 29.8 Å². The Morgan fingerprint density at radius 3 is 2.56 bits per heavy atom. The van der Waals surface area contributed by atoms with E-state index in [1.54, 1.807) is 12.3 Å². The van der Waals surface area contributed by atoms with E-state index in [2.05, 4.69) is 20.7 Å². The molecule has 1 amide bonds. The largest absolute Gasteiger partial charge is 0.489 e. The number of aromatic amines is 1. The Morgan fingerprint density at radius 1 is 1.06 bits per heavy atom. The van der Waals surface area contributed by atoms with Gasteiger partial charge in [0.05, 0.1) is 11.9 Å². The quantitative estimate of drug-likeness (QED) is 0.240. The number of halogens is 1. The lowest BCUT2D eigenvalue weighted by atomic mass is 10.1. The fourth-order valence-corrected chi connectivity index (χ4v) is 3.38. The Bertz CT molecular complexity index is 1310. The normalized spacial score (nSPS) is 11.5. The summed E-state index contributed by atoms with van der Waals surface area (Å²) >= 11 is 6.17. The Morgan fingerprint density at radius 2 is 1.79 bits per heavy atom. The number of hydrazone groups is 1. The van der Waals surface area contributed by atoms with E-state index in [9.17, 15) is 4.79 Å². The number of aromatic nitrogens is 2. The molecule has 2 N–H and O–H groups in total. The van der Waals surface area contributed by atoms with Gasteiger partial charge >= 0.3 is 0 Å². The third-order valence-electron chi connectivity index (χ3n) is 4.95. The Kier molecular flexibility index (Phi) is 7.53. The van der Waals surface area contributed by atoms with Gasteiger partial charge in [0.2, 0.25) is 0 Å². The summed E-state index contributed by atoms with van der Waals surface area (Å²) in [6, 6.07) is 26.6. The van der Waals surface area contributed by atoms with Crippen LogP contribution in [0, 0.1) is 0 Å². The summed E-state index contributed by atoms with van der Waals surface area (Å²) in [5.74, 6) is 0.340. The lowest BCUT2D eigenvalue weighted by molar-refractivity contribution is 0.0950. The Hall–Kier alpha value is -4.16. The first-order valence-corrected chi connectivity index (χ1v) is 11.0. The van der Waals surface area contributed by atoms with E-state index in [0.717, 1.165) is 22.3 Å². The van der Waals surface area contributed by atoms with Crippen LogP contribution in [0.15, 0.2) is 95.6 Å². The molecule has 3 aromatic carbocycles. The molecule has 0 unspecified atom stereocenters. The molecule has 34 heavy (non-hydrogen) atoms. The van der Waals surface area contributed by atoms with Gasteiger partial charge in [-0.05, 0) is 54.5 Å². The van der Waals surface area contributed by atoms with E-state index in [1.807, 2.05) is 91.9 Å². The summed E-state index contributed by atoms with van der Waals surface area (Å²) in [4.78, 5) is 12.4. The second kappa shape index (κ2) is 11.1. The second-order valence-electron chi connectivity index (χ2n) is 7.57. The lowest BCUT2D eigenvalue weighted by Gasteiger charge is -2.08. The number of hydrogen-bond acceptors (Lipinski definition) is 4. The number of amides is 1. The van der Waals surface area contributed by atoms with Gasteiger partial charge < -0.3 is 4.74 Å². The summed E-state index contributed by atoms with van der Waals surface area (Å²) in [7, 11) is 0. The van der Waals surface area contributed by atoms with Crippen LogP contribution in [-0.4, -0.2) is 22.3 Å². The van der Waals surface area contributed by atoms with E-state index >= 15 is 0 Å². The Labute approximate surface area is 202 Å². The maximum absolute atomic E-state index is 12.4. The molecule has 0 spiro atoms. The highest BCUT2D eigenvalue weighted by atomic mass is 35.5. The van der Waals surface area contributed by atoms with Crippen molar-refractivity contribution in [2.45, 2.75) is 13.5 Å². The van der Waals surface area contributed by atoms with Crippen molar-refractivity contribution in [1.29, 1.82) is 0 Å². The zero-order valence-corrected chi connectivity index (χ0v) is 19.3. The monoisotopic (exact) mass is 470 g/mol. The van der Waals surface area contributed by atoms with Crippen LogP contribution >= 0.6 is 11.6 Å². The van der Waals surface area contributed by atoms with Crippen LogP contribution in [-0.2, 0) is 6.61 Å². The van der Waals surface area contributed by atoms with E-state index in [1.165, 1.54) is 0 Å². The number of H-pyrrole nitrogens is 1. The van der Waals surface area contributed by atoms with Crippen molar-refractivity contribution in [2.24, 2.45) is 5.10 Å². The van der Waals surface area contributed by atoms with Gasteiger partial charge in [0.25, 0.3) is 5.91 Å². The average molecular weight is 471 g/mol. The number of benzene rings is 3. The van der Waals surface area contributed by atoms with E-state index in [0.29, 0.717) is 28.8 Å². The number of carbonyl (C=O) groups is 1. The van der Waals surface area contributed by atoms with Gasteiger partial charge in [-0.2, -0.15) is 10.2 Å². The molecule has 0 aliphatic heterocycles. The van der Waals surface area contributed by atoms with Gasteiger partial charge in [-0.3, -0.25) is 9.89 Å². The second-order valence-corrected chi connectivity index (χ2v) is 7.98. The van der Waals surface area contributed by atoms with Crippen LogP contribution in [0.1, 0.15) is 28.5 Å². The first-order valence-electron chi connectivity index (χ1n) is 10.7. The number of allylic oxidation sites excluding steroid dienone is 1. The molecular formula is C27H23ClN4O2. The predicted molar refractivity (Wildman–Crippen MR) is 136 cm³/mol. The standard InChI is InChI=1S/C27H23ClN4O2/c1-19(15-20-7-3-2-4-8-20)17-29-32-27(33)26-16-25(30-31-26)21-11-13-23(14-12-21)34-18-22-9-5-6-10-24(22)28/h2-17H,18H2,1H3,(H,30,31)(H,32,33)/b19-15-,29-17+. The summed E-state index contributed by atoms with van der Waals surface area (Å²) in [6.45, 7) is 2.30. The average Bonchev–Trinajstić information content (AvgIpc) is 3.35. The lowest BCUT2D eigenvalue weighted by Crippen LogP contribution is -2.17. The maximum Gasteiger partial charge on any atom is 0.289 e. The number of nitrogens with one attached hydrogen (secondary N) is 2. The number of nitrogens with zero attached hydrogens (tertiary/aromatic N) is 2. The van der Waals surface area contributed by atoms with Crippen LogP contribution in [0.4, 0.5) is 0 Å². The van der Waals surface area contributed by atoms with E-state index in [-0.39, 0.29) is 5.91 Å². The highest BCUT2D eigenvalue weighted by Crippen LogP contribution is 2.23. The molecule has 0 saturated heterocycles. The molecule has 0 aliphatic carbocycles. The molecule has 1 aromatic heterocycles. The van der Waals surface area contributed by atoms with Gasteiger partial charge in [-0.25, -0.2) is 5.43 Å².